The monoisotopic (exact) mass is 462 g/mol. The summed E-state index contributed by atoms with van der Waals surface area (Å²) in [6, 6.07) is 5.26. The van der Waals surface area contributed by atoms with E-state index in [0.29, 0.717) is 50.7 Å². The lowest BCUT2D eigenvalue weighted by atomic mass is 10.1. The lowest BCUT2D eigenvalue weighted by Gasteiger charge is -2.31. The first-order valence-corrected chi connectivity index (χ1v) is 8.48. The quantitative estimate of drug-likeness (QED) is 0.263. The number of halogens is 2. The van der Waals surface area contributed by atoms with Gasteiger partial charge in [0.25, 0.3) is 0 Å². The van der Waals surface area contributed by atoms with Crippen LogP contribution in [0.3, 0.4) is 0 Å². The van der Waals surface area contributed by atoms with Crippen LogP contribution >= 0.6 is 24.0 Å². The number of hydrogen-bond acceptors (Lipinski definition) is 3. The van der Waals surface area contributed by atoms with Crippen molar-refractivity contribution in [1.29, 1.82) is 0 Å². The summed E-state index contributed by atoms with van der Waals surface area (Å²) in [5.74, 6) is 0.454. The zero-order valence-electron chi connectivity index (χ0n) is 14.7. The van der Waals surface area contributed by atoms with Crippen molar-refractivity contribution in [2.45, 2.75) is 32.4 Å². The van der Waals surface area contributed by atoms with Gasteiger partial charge in [-0.2, -0.15) is 0 Å². The minimum absolute atomic E-state index is 0. The molecule has 140 valence electrons. The summed E-state index contributed by atoms with van der Waals surface area (Å²) < 4.78 is 14.4. The number of rotatable bonds is 6. The molecule has 0 radical (unpaired) electrons. The minimum atomic E-state index is -0.259. The van der Waals surface area contributed by atoms with Gasteiger partial charge in [0.05, 0.1) is 18.3 Å². The molecule has 0 aromatic heterocycles. The van der Waals surface area contributed by atoms with E-state index in [2.05, 4.69) is 22.2 Å². The van der Waals surface area contributed by atoms with Crippen LogP contribution in [-0.2, 0) is 6.54 Å². The topological polar surface area (TPSA) is 59.9 Å². The van der Waals surface area contributed by atoms with Gasteiger partial charge in [-0.15, -0.1) is 30.6 Å². The zero-order valence-corrected chi connectivity index (χ0v) is 17.0. The number of anilines is 1. The fourth-order valence-electron chi connectivity index (χ4n) is 2.69. The van der Waals surface area contributed by atoms with Crippen LogP contribution < -0.4 is 15.5 Å². The summed E-state index contributed by atoms with van der Waals surface area (Å²) in [5, 5.41) is 15.8. The Morgan fingerprint density at radius 1 is 1.40 bits per heavy atom. The standard InChI is InChI=1S/C18H27FN4O.HI/c1-3-9-21-18(20-4-2)22-13-14-5-6-17(16(19)12-14)23-10-7-15(24)8-11-23;/h3,5-6,12,15,24H,1,4,7-11,13H2,2H3,(H2,20,21,22);1H. The van der Waals surface area contributed by atoms with E-state index in [4.69, 9.17) is 0 Å². The lowest BCUT2D eigenvalue weighted by molar-refractivity contribution is 0.145. The van der Waals surface area contributed by atoms with Gasteiger partial charge in [-0.25, -0.2) is 9.38 Å². The molecule has 1 aromatic carbocycles. The smallest absolute Gasteiger partial charge is 0.191 e. The molecule has 1 aliphatic heterocycles. The highest BCUT2D eigenvalue weighted by molar-refractivity contribution is 14.0. The maximum Gasteiger partial charge on any atom is 0.191 e. The van der Waals surface area contributed by atoms with Gasteiger partial charge in [0.2, 0.25) is 0 Å². The zero-order chi connectivity index (χ0) is 17.4. The van der Waals surface area contributed by atoms with Crippen molar-refractivity contribution in [2.75, 3.05) is 31.1 Å². The molecule has 3 N–H and O–H groups in total. The second-order valence-electron chi connectivity index (χ2n) is 5.87. The number of guanidine groups is 1. The summed E-state index contributed by atoms with van der Waals surface area (Å²) in [7, 11) is 0. The average Bonchev–Trinajstić information content (AvgIpc) is 2.58. The van der Waals surface area contributed by atoms with Crippen LogP contribution in [0.4, 0.5) is 10.1 Å². The average molecular weight is 462 g/mol. The van der Waals surface area contributed by atoms with E-state index < -0.39 is 0 Å². The normalized spacial score (nSPS) is 15.5. The SMILES string of the molecule is C=CCNC(=NCc1ccc(N2CCC(O)CC2)c(F)c1)NCC.I. The van der Waals surface area contributed by atoms with Gasteiger partial charge >= 0.3 is 0 Å². The Hall–Kier alpha value is -1.35. The molecule has 1 aromatic rings. The van der Waals surface area contributed by atoms with Crippen molar-refractivity contribution in [3.05, 3.63) is 42.2 Å². The maximum absolute atomic E-state index is 14.4. The van der Waals surface area contributed by atoms with E-state index >= 15 is 0 Å². The third-order valence-corrected chi connectivity index (χ3v) is 4.00. The van der Waals surface area contributed by atoms with Crippen molar-refractivity contribution in [3.8, 4) is 0 Å². The molecule has 2 rings (SSSR count). The number of aliphatic imine (C=N–C) groups is 1. The van der Waals surface area contributed by atoms with Gasteiger partial charge in [0, 0.05) is 26.2 Å². The molecule has 7 heteroatoms. The number of piperidine rings is 1. The van der Waals surface area contributed by atoms with Gasteiger partial charge in [-0.1, -0.05) is 12.1 Å². The van der Waals surface area contributed by atoms with E-state index in [-0.39, 0.29) is 35.9 Å². The molecule has 5 nitrogen and oxygen atoms in total. The first kappa shape index (κ1) is 21.7. The molecule has 0 unspecified atom stereocenters. The van der Waals surface area contributed by atoms with Crippen LogP contribution in [0.2, 0.25) is 0 Å². The summed E-state index contributed by atoms with van der Waals surface area (Å²) >= 11 is 0. The molecule has 0 saturated carbocycles. The Morgan fingerprint density at radius 2 is 2.12 bits per heavy atom. The van der Waals surface area contributed by atoms with Crippen LogP contribution in [0, 0.1) is 5.82 Å². The highest BCUT2D eigenvalue weighted by Crippen LogP contribution is 2.24. The highest BCUT2D eigenvalue weighted by Gasteiger charge is 2.19. The van der Waals surface area contributed by atoms with Crippen LogP contribution in [-0.4, -0.2) is 43.3 Å². The molecule has 0 aliphatic carbocycles. The van der Waals surface area contributed by atoms with Gasteiger partial charge in [-0.3, -0.25) is 0 Å². The predicted octanol–water partition coefficient (Wildman–Crippen LogP) is 2.65. The van der Waals surface area contributed by atoms with Crippen molar-refractivity contribution < 1.29 is 9.50 Å². The molecule has 1 aliphatic rings. The predicted molar refractivity (Wildman–Crippen MR) is 112 cm³/mol. The highest BCUT2D eigenvalue weighted by atomic mass is 127. The third-order valence-electron chi connectivity index (χ3n) is 4.00. The Morgan fingerprint density at radius 3 is 2.72 bits per heavy atom. The van der Waals surface area contributed by atoms with Gasteiger partial charge in [-0.05, 0) is 37.5 Å². The Bertz CT molecular complexity index is 574. The molecule has 1 fully saturated rings. The van der Waals surface area contributed by atoms with E-state index in [9.17, 15) is 9.50 Å². The van der Waals surface area contributed by atoms with Gasteiger partial charge in [0.1, 0.15) is 5.82 Å². The first-order valence-electron chi connectivity index (χ1n) is 8.48. The van der Waals surface area contributed by atoms with Crippen LogP contribution in [0.1, 0.15) is 25.3 Å². The Labute approximate surface area is 166 Å². The molecule has 1 saturated heterocycles. The van der Waals surface area contributed by atoms with Crippen LogP contribution in [0.25, 0.3) is 0 Å². The van der Waals surface area contributed by atoms with Gasteiger partial charge < -0.3 is 20.6 Å². The molecule has 25 heavy (non-hydrogen) atoms. The largest absolute Gasteiger partial charge is 0.393 e. The van der Waals surface area contributed by atoms with Gasteiger partial charge in [0.15, 0.2) is 5.96 Å². The lowest BCUT2D eigenvalue weighted by Crippen LogP contribution is -2.37. The summed E-state index contributed by atoms with van der Waals surface area (Å²) in [6.07, 6.45) is 2.88. The first-order chi connectivity index (χ1) is 11.6. The van der Waals surface area contributed by atoms with Crippen molar-refractivity contribution >= 4 is 35.6 Å². The minimum Gasteiger partial charge on any atom is -0.393 e. The van der Waals surface area contributed by atoms with E-state index in [1.807, 2.05) is 24.0 Å². The summed E-state index contributed by atoms with van der Waals surface area (Å²) in [4.78, 5) is 6.44. The summed E-state index contributed by atoms with van der Waals surface area (Å²) in [5.41, 5.74) is 1.43. The van der Waals surface area contributed by atoms with E-state index in [1.54, 1.807) is 12.1 Å². The summed E-state index contributed by atoms with van der Waals surface area (Å²) in [6.45, 7) is 8.82. The second-order valence-corrected chi connectivity index (χ2v) is 5.87. The van der Waals surface area contributed by atoms with E-state index in [0.717, 1.165) is 12.1 Å². The third kappa shape index (κ3) is 6.81. The number of nitrogens with one attached hydrogen (secondary N) is 2. The molecule has 0 spiro atoms. The fraction of sp³-hybridized carbons (Fsp3) is 0.500. The number of aliphatic hydroxyl groups excluding tert-OH is 1. The van der Waals surface area contributed by atoms with Crippen LogP contribution in [0.5, 0.6) is 0 Å². The van der Waals surface area contributed by atoms with Crippen LogP contribution in [0.15, 0.2) is 35.8 Å². The maximum atomic E-state index is 14.4. The molecule has 0 amide bonds. The van der Waals surface area contributed by atoms with Crippen molar-refractivity contribution in [2.24, 2.45) is 4.99 Å². The molecule has 0 atom stereocenters. The molecule has 1 heterocycles. The second kappa shape index (κ2) is 11.3. The Balaban J connectivity index is 0.00000312. The molecular formula is C18H28FIN4O. The fourth-order valence-corrected chi connectivity index (χ4v) is 2.69. The number of hydrogen-bond donors (Lipinski definition) is 3. The Kier molecular flexibility index (Phi) is 9.81. The molecule has 0 bridgehead atoms. The number of nitrogens with zero attached hydrogens (tertiary/aromatic N) is 2. The van der Waals surface area contributed by atoms with Crippen molar-refractivity contribution in [1.82, 2.24) is 10.6 Å². The number of aliphatic hydroxyl groups is 1. The van der Waals surface area contributed by atoms with Crippen molar-refractivity contribution in [3.63, 3.8) is 0 Å². The molecular weight excluding hydrogens is 434 g/mol. The van der Waals surface area contributed by atoms with E-state index in [1.165, 1.54) is 0 Å². The number of benzene rings is 1.